The maximum absolute atomic E-state index is 14.9. The number of carbonyl (C=O) groups is 2. The van der Waals surface area contributed by atoms with Gasteiger partial charge < -0.3 is 15.0 Å². The number of nitrogens with one attached hydrogen (secondary N) is 1. The van der Waals surface area contributed by atoms with Crippen LogP contribution in [0.2, 0.25) is 0 Å². The van der Waals surface area contributed by atoms with Crippen LogP contribution < -0.4 is 15.1 Å². The fraction of sp³-hybridized carbons (Fsp3) is 0.304. The lowest BCUT2D eigenvalue weighted by Crippen LogP contribution is -2.33. The quantitative estimate of drug-likeness (QED) is 0.769. The summed E-state index contributed by atoms with van der Waals surface area (Å²) in [5, 5.41) is 2.68. The van der Waals surface area contributed by atoms with E-state index in [2.05, 4.69) is 17.4 Å². The second-order valence-corrected chi connectivity index (χ2v) is 7.44. The summed E-state index contributed by atoms with van der Waals surface area (Å²) < 4.78 is 20.2. The van der Waals surface area contributed by atoms with Crippen molar-refractivity contribution in [2.45, 2.75) is 26.0 Å². The number of benzene rings is 2. The maximum atomic E-state index is 14.9. The predicted octanol–water partition coefficient (Wildman–Crippen LogP) is 3.41. The SMILES string of the molecule is C/C=C/C(=O)NC[C@@H]1CN(c2ccc(N3CCc4ccccc4C3)c(F)c2)C(=O)O1. The first-order chi connectivity index (χ1) is 14.5. The molecule has 30 heavy (non-hydrogen) atoms. The summed E-state index contributed by atoms with van der Waals surface area (Å²) in [5.74, 6) is -0.616. The van der Waals surface area contributed by atoms with Crippen molar-refractivity contribution in [1.82, 2.24) is 5.32 Å². The summed E-state index contributed by atoms with van der Waals surface area (Å²) in [4.78, 5) is 27.2. The molecule has 0 bridgehead atoms. The standard InChI is InChI=1S/C23H24FN3O3/c1-2-5-22(28)25-13-19-15-27(23(29)30-19)18-8-9-21(20(24)12-18)26-11-10-16-6-3-4-7-17(16)14-26/h2-9,12,19H,10-11,13-15H2,1H3,(H,25,28)/b5-2+/t19-/m1/s1. The van der Waals surface area contributed by atoms with Gasteiger partial charge in [0.25, 0.3) is 0 Å². The number of nitrogens with zero attached hydrogens (tertiary/aromatic N) is 2. The predicted molar refractivity (Wildman–Crippen MR) is 113 cm³/mol. The van der Waals surface area contributed by atoms with Crippen molar-refractivity contribution >= 4 is 23.4 Å². The van der Waals surface area contributed by atoms with Crippen LogP contribution in [0.1, 0.15) is 18.1 Å². The Balaban J connectivity index is 1.43. The first kappa shape index (κ1) is 19.9. The number of allylic oxidation sites excluding steroid dienone is 1. The Kier molecular flexibility index (Phi) is 5.70. The van der Waals surface area contributed by atoms with Crippen molar-refractivity contribution in [1.29, 1.82) is 0 Å². The Labute approximate surface area is 174 Å². The van der Waals surface area contributed by atoms with E-state index in [1.165, 1.54) is 28.2 Å². The van der Waals surface area contributed by atoms with Crippen LogP contribution in [0.4, 0.5) is 20.6 Å². The van der Waals surface area contributed by atoms with Crippen molar-refractivity contribution in [2.24, 2.45) is 0 Å². The fourth-order valence-corrected chi connectivity index (χ4v) is 3.88. The van der Waals surface area contributed by atoms with E-state index in [0.29, 0.717) is 17.9 Å². The molecular weight excluding hydrogens is 385 g/mol. The number of hydrogen-bond donors (Lipinski definition) is 1. The summed E-state index contributed by atoms with van der Waals surface area (Å²) in [7, 11) is 0. The van der Waals surface area contributed by atoms with Crippen LogP contribution in [0.25, 0.3) is 0 Å². The molecule has 1 N–H and O–H groups in total. The zero-order valence-electron chi connectivity index (χ0n) is 16.8. The van der Waals surface area contributed by atoms with Gasteiger partial charge in [-0.3, -0.25) is 9.69 Å². The molecule has 4 rings (SSSR count). The van der Waals surface area contributed by atoms with Gasteiger partial charge >= 0.3 is 6.09 Å². The smallest absolute Gasteiger partial charge is 0.414 e. The molecule has 2 aliphatic rings. The number of rotatable bonds is 5. The van der Waals surface area contributed by atoms with E-state index in [-0.39, 0.29) is 24.8 Å². The molecule has 6 nitrogen and oxygen atoms in total. The molecule has 7 heteroatoms. The summed E-state index contributed by atoms with van der Waals surface area (Å²) in [5.41, 5.74) is 3.48. The molecule has 1 saturated heterocycles. The third-order valence-electron chi connectivity index (χ3n) is 5.41. The Morgan fingerprint density at radius 3 is 2.83 bits per heavy atom. The summed E-state index contributed by atoms with van der Waals surface area (Å²) >= 11 is 0. The molecule has 0 radical (unpaired) electrons. The minimum absolute atomic E-state index is 0.208. The van der Waals surface area contributed by atoms with Crippen molar-refractivity contribution < 1.29 is 18.7 Å². The third-order valence-corrected chi connectivity index (χ3v) is 5.41. The molecule has 2 aromatic rings. The minimum atomic E-state index is -0.542. The van der Waals surface area contributed by atoms with Gasteiger partial charge in [0.2, 0.25) is 5.91 Å². The molecule has 1 fully saturated rings. The van der Waals surface area contributed by atoms with Crippen molar-refractivity contribution in [3.05, 3.63) is 71.6 Å². The second-order valence-electron chi connectivity index (χ2n) is 7.44. The number of halogens is 1. The lowest BCUT2D eigenvalue weighted by molar-refractivity contribution is -0.116. The number of cyclic esters (lactones) is 1. The first-order valence-corrected chi connectivity index (χ1v) is 10.0. The number of carbonyl (C=O) groups excluding carboxylic acids is 2. The summed E-state index contributed by atoms with van der Waals surface area (Å²) in [6, 6.07) is 13.0. The van der Waals surface area contributed by atoms with Gasteiger partial charge in [-0.25, -0.2) is 9.18 Å². The van der Waals surface area contributed by atoms with E-state index < -0.39 is 12.2 Å². The topological polar surface area (TPSA) is 61.9 Å². The van der Waals surface area contributed by atoms with Gasteiger partial charge in [-0.2, -0.15) is 0 Å². The first-order valence-electron chi connectivity index (χ1n) is 10.0. The third kappa shape index (κ3) is 4.15. The Bertz CT molecular complexity index is 991. The highest BCUT2D eigenvalue weighted by Gasteiger charge is 2.33. The van der Waals surface area contributed by atoms with Crippen molar-refractivity contribution in [3.8, 4) is 0 Å². The number of hydrogen-bond acceptors (Lipinski definition) is 4. The molecule has 0 spiro atoms. The lowest BCUT2D eigenvalue weighted by atomic mass is 9.99. The van der Waals surface area contributed by atoms with Crippen molar-refractivity contribution in [3.63, 3.8) is 0 Å². The number of amides is 2. The van der Waals surface area contributed by atoms with Gasteiger partial charge in [-0.15, -0.1) is 0 Å². The number of fused-ring (bicyclic) bond motifs is 1. The fourth-order valence-electron chi connectivity index (χ4n) is 3.88. The molecule has 0 aliphatic carbocycles. The van der Waals surface area contributed by atoms with Crippen LogP contribution in [-0.4, -0.2) is 37.7 Å². The van der Waals surface area contributed by atoms with E-state index in [1.807, 2.05) is 17.0 Å². The maximum Gasteiger partial charge on any atom is 0.414 e. The number of ether oxygens (including phenoxy) is 1. The zero-order chi connectivity index (χ0) is 21.1. The van der Waals surface area contributed by atoms with Crippen LogP contribution in [0.15, 0.2) is 54.6 Å². The molecule has 2 aromatic carbocycles. The molecule has 2 amide bonds. The minimum Gasteiger partial charge on any atom is -0.442 e. The zero-order valence-corrected chi connectivity index (χ0v) is 16.8. The monoisotopic (exact) mass is 409 g/mol. The van der Waals surface area contributed by atoms with E-state index in [0.717, 1.165) is 13.0 Å². The van der Waals surface area contributed by atoms with E-state index >= 15 is 0 Å². The molecule has 0 aromatic heterocycles. The number of anilines is 2. The van der Waals surface area contributed by atoms with E-state index in [4.69, 9.17) is 4.74 Å². The molecule has 2 heterocycles. The van der Waals surface area contributed by atoms with Gasteiger partial charge in [-0.05, 0) is 48.7 Å². The second kappa shape index (κ2) is 8.57. The van der Waals surface area contributed by atoms with E-state index in [1.54, 1.807) is 25.1 Å². The average molecular weight is 409 g/mol. The highest BCUT2D eigenvalue weighted by atomic mass is 19.1. The molecule has 0 unspecified atom stereocenters. The largest absolute Gasteiger partial charge is 0.442 e. The highest BCUT2D eigenvalue weighted by Crippen LogP contribution is 2.30. The van der Waals surface area contributed by atoms with Crippen LogP contribution in [0, 0.1) is 5.82 Å². The normalized spacial score (nSPS) is 18.5. The van der Waals surface area contributed by atoms with Gasteiger partial charge in [-0.1, -0.05) is 30.3 Å². The Hall–Kier alpha value is -3.35. The summed E-state index contributed by atoms with van der Waals surface area (Å²) in [6.45, 7) is 3.61. The van der Waals surface area contributed by atoms with Gasteiger partial charge in [0.15, 0.2) is 0 Å². The molecule has 1 atom stereocenters. The van der Waals surface area contributed by atoms with Crippen LogP contribution in [0.5, 0.6) is 0 Å². The highest BCUT2D eigenvalue weighted by molar-refractivity contribution is 5.90. The molecule has 2 aliphatic heterocycles. The Morgan fingerprint density at radius 1 is 1.27 bits per heavy atom. The van der Waals surface area contributed by atoms with Crippen LogP contribution >= 0.6 is 0 Å². The summed E-state index contributed by atoms with van der Waals surface area (Å²) in [6.07, 6.45) is 2.89. The average Bonchev–Trinajstić information content (AvgIpc) is 3.12. The molecular formula is C23H24FN3O3. The van der Waals surface area contributed by atoms with Gasteiger partial charge in [0, 0.05) is 13.1 Å². The van der Waals surface area contributed by atoms with Gasteiger partial charge in [0.05, 0.1) is 24.5 Å². The molecule has 0 saturated carbocycles. The van der Waals surface area contributed by atoms with E-state index in [9.17, 15) is 14.0 Å². The van der Waals surface area contributed by atoms with Crippen molar-refractivity contribution in [2.75, 3.05) is 29.4 Å². The van der Waals surface area contributed by atoms with Gasteiger partial charge in [0.1, 0.15) is 11.9 Å². The lowest BCUT2D eigenvalue weighted by Gasteiger charge is -2.31. The molecule has 156 valence electrons. The van der Waals surface area contributed by atoms with Crippen LogP contribution in [0.3, 0.4) is 0 Å². The Morgan fingerprint density at radius 2 is 2.07 bits per heavy atom. The van der Waals surface area contributed by atoms with Crippen LogP contribution in [-0.2, 0) is 22.5 Å².